The van der Waals surface area contributed by atoms with E-state index in [2.05, 4.69) is 53.9 Å². The number of hydrogen-bond acceptors (Lipinski definition) is 4. The van der Waals surface area contributed by atoms with Gasteiger partial charge in [0.05, 0.1) is 0 Å². The molecule has 0 aliphatic carbocycles. The summed E-state index contributed by atoms with van der Waals surface area (Å²) in [5.41, 5.74) is 1.12. The summed E-state index contributed by atoms with van der Waals surface area (Å²) in [4.78, 5) is 11.1. The first-order valence-electron chi connectivity index (χ1n) is 6.39. The summed E-state index contributed by atoms with van der Waals surface area (Å²) in [5, 5.41) is 3.53. The van der Waals surface area contributed by atoms with E-state index in [-0.39, 0.29) is 0 Å². The molecule has 0 amide bonds. The van der Waals surface area contributed by atoms with Crippen LogP contribution in [0, 0.1) is 0 Å². The lowest BCUT2D eigenvalue weighted by Crippen LogP contribution is -2.54. The van der Waals surface area contributed by atoms with Crippen molar-refractivity contribution in [3.8, 4) is 0 Å². The number of rotatable bonds is 2. The number of nitrogens with zero attached hydrogens (tertiary/aromatic N) is 3. The second-order valence-corrected chi connectivity index (χ2v) is 5.33. The van der Waals surface area contributed by atoms with E-state index >= 15 is 0 Å². The van der Waals surface area contributed by atoms with Gasteiger partial charge < -0.3 is 10.2 Å². The first-order valence-corrected chi connectivity index (χ1v) is 6.39. The maximum absolute atomic E-state index is 4.40. The molecule has 2 rings (SSSR count). The smallest absolute Gasteiger partial charge is 0.132 e. The molecule has 4 heteroatoms. The molecule has 0 spiro atoms. The van der Waals surface area contributed by atoms with Gasteiger partial charge in [-0.1, -0.05) is 13.8 Å². The standard InChI is InChI=1S/C13H22N4/c1-9(2)12-5-13(15-8-14-12)17-6-10(3)16-11(4)7-17/h5,8-11,16H,6-7H2,1-4H3. The van der Waals surface area contributed by atoms with Crippen LogP contribution in [0.25, 0.3) is 0 Å². The van der Waals surface area contributed by atoms with Crippen LogP contribution >= 0.6 is 0 Å². The van der Waals surface area contributed by atoms with Crippen molar-refractivity contribution in [2.24, 2.45) is 0 Å². The van der Waals surface area contributed by atoms with Crippen LogP contribution in [0.4, 0.5) is 5.82 Å². The molecule has 1 aromatic heterocycles. The normalized spacial score (nSPS) is 25.4. The number of piperazine rings is 1. The third-order valence-electron chi connectivity index (χ3n) is 3.15. The minimum Gasteiger partial charge on any atom is -0.353 e. The van der Waals surface area contributed by atoms with Gasteiger partial charge in [-0.25, -0.2) is 9.97 Å². The van der Waals surface area contributed by atoms with Crippen molar-refractivity contribution < 1.29 is 0 Å². The summed E-state index contributed by atoms with van der Waals surface area (Å²) in [6, 6.07) is 3.14. The summed E-state index contributed by atoms with van der Waals surface area (Å²) in [6.45, 7) is 10.8. The Hall–Kier alpha value is -1.16. The second-order valence-electron chi connectivity index (χ2n) is 5.33. The van der Waals surface area contributed by atoms with Crippen LogP contribution in [0.3, 0.4) is 0 Å². The maximum atomic E-state index is 4.40. The van der Waals surface area contributed by atoms with Crippen molar-refractivity contribution in [2.45, 2.75) is 45.7 Å². The van der Waals surface area contributed by atoms with E-state index in [0.29, 0.717) is 18.0 Å². The second kappa shape index (κ2) is 5.00. The Kier molecular flexibility index (Phi) is 3.62. The zero-order valence-electron chi connectivity index (χ0n) is 11.1. The van der Waals surface area contributed by atoms with Crippen LogP contribution in [0.2, 0.25) is 0 Å². The van der Waals surface area contributed by atoms with Gasteiger partial charge in [-0.3, -0.25) is 0 Å². The van der Waals surface area contributed by atoms with Crippen molar-refractivity contribution in [1.29, 1.82) is 0 Å². The summed E-state index contributed by atoms with van der Waals surface area (Å²) in [7, 11) is 0. The van der Waals surface area contributed by atoms with E-state index in [1.165, 1.54) is 0 Å². The van der Waals surface area contributed by atoms with E-state index in [1.807, 2.05) is 0 Å². The van der Waals surface area contributed by atoms with Crippen molar-refractivity contribution >= 4 is 5.82 Å². The molecule has 0 aromatic carbocycles. The summed E-state index contributed by atoms with van der Waals surface area (Å²) in [6.07, 6.45) is 1.68. The van der Waals surface area contributed by atoms with Gasteiger partial charge in [0.25, 0.3) is 0 Å². The van der Waals surface area contributed by atoms with Gasteiger partial charge in [0.1, 0.15) is 12.1 Å². The van der Waals surface area contributed by atoms with Gasteiger partial charge >= 0.3 is 0 Å². The van der Waals surface area contributed by atoms with E-state index in [9.17, 15) is 0 Å². The van der Waals surface area contributed by atoms with E-state index in [1.54, 1.807) is 6.33 Å². The first kappa shape index (κ1) is 12.3. The topological polar surface area (TPSA) is 41.1 Å². The summed E-state index contributed by atoms with van der Waals surface area (Å²) < 4.78 is 0. The lowest BCUT2D eigenvalue weighted by molar-refractivity contribution is 0.405. The Balaban J connectivity index is 2.18. The summed E-state index contributed by atoms with van der Waals surface area (Å²) in [5.74, 6) is 1.51. The number of aromatic nitrogens is 2. The fourth-order valence-corrected chi connectivity index (χ4v) is 2.36. The van der Waals surface area contributed by atoms with Crippen molar-refractivity contribution in [1.82, 2.24) is 15.3 Å². The lowest BCUT2D eigenvalue weighted by Gasteiger charge is -2.37. The van der Waals surface area contributed by atoms with Gasteiger partial charge in [-0.15, -0.1) is 0 Å². The minimum absolute atomic E-state index is 0.453. The molecule has 94 valence electrons. The van der Waals surface area contributed by atoms with Gasteiger partial charge in [-0.2, -0.15) is 0 Å². The highest BCUT2D eigenvalue weighted by Crippen LogP contribution is 2.19. The zero-order valence-corrected chi connectivity index (χ0v) is 11.1. The molecule has 2 unspecified atom stereocenters. The molecule has 17 heavy (non-hydrogen) atoms. The highest BCUT2D eigenvalue weighted by Gasteiger charge is 2.22. The Morgan fingerprint density at radius 2 is 1.88 bits per heavy atom. The highest BCUT2D eigenvalue weighted by atomic mass is 15.3. The largest absolute Gasteiger partial charge is 0.353 e. The minimum atomic E-state index is 0.453. The van der Waals surface area contributed by atoms with Crippen molar-refractivity contribution in [3.05, 3.63) is 18.1 Å². The molecule has 0 bridgehead atoms. The van der Waals surface area contributed by atoms with Crippen LogP contribution in [-0.2, 0) is 0 Å². The predicted molar refractivity (Wildman–Crippen MR) is 70.4 cm³/mol. The highest BCUT2D eigenvalue weighted by molar-refractivity contribution is 5.40. The Bertz CT molecular complexity index is 367. The monoisotopic (exact) mass is 234 g/mol. The Labute approximate surface area is 103 Å². The molecule has 1 aromatic rings. The van der Waals surface area contributed by atoms with Gasteiger partial charge in [0.15, 0.2) is 0 Å². The predicted octanol–water partition coefficient (Wildman–Crippen LogP) is 1.79. The van der Waals surface area contributed by atoms with E-state index in [4.69, 9.17) is 0 Å². The van der Waals surface area contributed by atoms with Gasteiger partial charge in [-0.05, 0) is 19.8 Å². The third kappa shape index (κ3) is 2.94. The molecular weight excluding hydrogens is 212 g/mol. The molecule has 1 N–H and O–H groups in total. The molecule has 1 aliphatic heterocycles. The van der Waals surface area contributed by atoms with Crippen LogP contribution in [-0.4, -0.2) is 35.1 Å². The van der Waals surface area contributed by atoms with Crippen LogP contribution < -0.4 is 10.2 Å². The van der Waals surface area contributed by atoms with E-state index in [0.717, 1.165) is 24.6 Å². The fourth-order valence-electron chi connectivity index (χ4n) is 2.36. The molecule has 0 radical (unpaired) electrons. The zero-order chi connectivity index (χ0) is 12.4. The van der Waals surface area contributed by atoms with Crippen molar-refractivity contribution in [3.63, 3.8) is 0 Å². The number of anilines is 1. The van der Waals surface area contributed by atoms with Crippen LogP contribution in [0.15, 0.2) is 12.4 Å². The number of hydrogen-bond donors (Lipinski definition) is 1. The molecule has 0 saturated carbocycles. The molecule has 2 atom stereocenters. The molecule has 1 aliphatic rings. The van der Waals surface area contributed by atoms with Gasteiger partial charge in [0, 0.05) is 36.9 Å². The average Bonchev–Trinajstić information content (AvgIpc) is 2.28. The first-order chi connectivity index (χ1) is 8.06. The van der Waals surface area contributed by atoms with Crippen LogP contribution in [0.1, 0.15) is 39.3 Å². The average molecular weight is 234 g/mol. The SMILES string of the molecule is CC1CN(c2cc(C(C)C)ncn2)CC(C)N1. The molecule has 1 saturated heterocycles. The van der Waals surface area contributed by atoms with Gasteiger partial charge in [0.2, 0.25) is 0 Å². The number of nitrogens with one attached hydrogen (secondary N) is 1. The molecule has 2 heterocycles. The lowest BCUT2D eigenvalue weighted by atomic mass is 10.1. The maximum Gasteiger partial charge on any atom is 0.132 e. The summed E-state index contributed by atoms with van der Waals surface area (Å²) >= 11 is 0. The fraction of sp³-hybridized carbons (Fsp3) is 0.692. The molecule has 4 nitrogen and oxygen atoms in total. The molecular formula is C13H22N4. The van der Waals surface area contributed by atoms with Crippen LogP contribution in [0.5, 0.6) is 0 Å². The third-order valence-corrected chi connectivity index (χ3v) is 3.15. The quantitative estimate of drug-likeness (QED) is 0.847. The Morgan fingerprint density at radius 1 is 1.24 bits per heavy atom. The van der Waals surface area contributed by atoms with E-state index < -0.39 is 0 Å². The van der Waals surface area contributed by atoms with Crippen molar-refractivity contribution in [2.75, 3.05) is 18.0 Å². The molecule has 1 fully saturated rings. The Morgan fingerprint density at radius 3 is 2.47 bits per heavy atom.